The normalized spacial score (nSPS) is 14.7. The molecule has 0 N–H and O–H groups in total. The first-order chi connectivity index (χ1) is 17.6. The van der Waals surface area contributed by atoms with Gasteiger partial charge in [-0.05, 0) is 41.5 Å². The first kappa shape index (κ1) is 24.7. The minimum absolute atomic E-state index is 0.310. The Kier molecular flexibility index (Phi) is 7.75. The maximum atomic E-state index is 12.3. The number of nitrogens with zero attached hydrogens (tertiary/aromatic N) is 1. The molecule has 0 aliphatic carbocycles. The van der Waals surface area contributed by atoms with Crippen LogP contribution in [0.15, 0.2) is 71.9 Å². The summed E-state index contributed by atoms with van der Waals surface area (Å²) in [5.74, 6) is 1.77. The van der Waals surface area contributed by atoms with Gasteiger partial charge in [0.25, 0.3) is 0 Å². The second kappa shape index (κ2) is 11.3. The molecular formula is C28H27NO7. The number of benzene rings is 3. The van der Waals surface area contributed by atoms with Crippen molar-refractivity contribution in [3.63, 3.8) is 0 Å². The monoisotopic (exact) mass is 489 g/mol. The van der Waals surface area contributed by atoms with E-state index >= 15 is 0 Å². The van der Waals surface area contributed by atoms with Crippen LogP contribution in [0.1, 0.15) is 29.2 Å². The van der Waals surface area contributed by atoms with Crippen molar-refractivity contribution < 1.29 is 33.3 Å². The van der Waals surface area contributed by atoms with E-state index in [9.17, 15) is 4.79 Å². The van der Waals surface area contributed by atoms with Crippen LogP contribution in [0.25, 0.3) is 6.08 Å². The number of hydrogen-bond donors (Lipinski definition) is 0. The van der Waals surface area contributed by atoms with E-state index in [0.717, 1.165) is 16.7 Å². The quantitative estimate of drug-likeness (QED) is 0.232. The lowest BCUT2D eigenvalue weighted by Gasteiger charge is -2.15. The fraction of sp³-hybridized carbons (Fsp3) is 0.214. The molecule has 0 spiro atoms. The van der Waals surface area contributed by atoms with E-state index in [1.165, 1.54) is 13.2 Å². The lowest BCUT2D eigenvalue weighted by atomic mass is 9.99. The summed E-state index contributed by atoms with van der Waals surface area (Å²) in [7, 11) is 6.20. The number of ether oxygens (including phenoxy) is 5. The third-order valence-electron chi connectivity index (χ3n) is 5.67. The van der Waals surface area contributed by atoms with Crippen LogP contribution >= 0.6 is 0 Å². The Morgan fingerprint density at radius 3 is 2.28 bits per heavy atom. The van der Waals surface area contributed by atoms with Crippen LogP contribution in [-0.2, 0) is 9.63 Å². The summed E-state index contributed by atoms with van der Waals surface area (Å²) in [4.78, 5) is 18.0. The highest BCUT2D eigenvalue weighted by Crippen LogP contribution is 2.43. The molecular weight excluding hydrogens is 462 g/mol. The van der Waals surface area contributed by atoms with Crippen LogP contribution in [0.3, 0.4) is 0 Å². The second-order valence-electron chi connectivity index (χ2n) is 7.79. The molecule has 4 rings (SSSR count). The molecule has 3 aromatic rings. The van der Waals surface area contributed by atoms with Crippen molar-refractivity contribution in [1.82, 2.24) is 0 Å². The Morgan fingerprint density at radius 1 is 0.861 bits per heavy atom. The van der Waals surface area contributed by atoms with Crippen LogP contribution < -0.4 is 23.7 Å². The van der Waals surface area contributed by atoms with Crippen molar-refractivity contribution in [3.8, 4) is 28.7 Å². The smallest absolute Gasteiger partial charge is 0.336 e. The lowest BCUT2D eigenvalue weighted by molar-refractivity contribution is -0.129. The number of methoxy groups -OCH3 is 4. The molecule has 0 saturated heterocycles. The Bertz CT molecular complexity index is 1280. The van der Waals surface area contributed by atoms with Crippen molar-refractivity contribution in [1.29, 1.82) is 0 Å². The fourth-order valence-corrected chi connectivity index (χ4v) is 3.88. The van der Waals surface area contributed by atoms with Gasteiger partial charge in [0.05, 0.1) is 34.2 Å². The predicted molar refractivity (Wildman–Crippen MR) is 135 cm³/mol. The third-order valence-corrected chi connectivity index (χ3v) is 5.67. The van der Waals surface area contributed by atoms with Crippen LogP contribution in [0.5, 0.6) is 28.7 Å². The number of oxime groups is 1. The molecule has 1 aliphatic rings. The van der Waals surface area contributed by atoms with Gasteiger partial charge >= 0.3 is 5.97 Å². The van der Waals surface area contributed by atoms with Gasteiger partial charge < -0.3 is 28.5 Å². The van der Waals surface area contributed by atoms with Crippen molar-refractivity contribution >= 4 is 17.8 Å². The van der Waals surface area contributed by atoms with E-state index in [4.69, 9.17) is 28.5 Å². The van der Waals surface area contributed by atoms with Gasteiger partial charge in [0, 0.05) is 18.1 Å². The summed E-state index contributed by atoms with van der Waals surface area (Å²) < 4.78 is 27.4. The molecule has 8 nitrogen and oxygen atoms in total. The van der Waals surface area contributed by atoms with Crippen LogP contribution in [0, 0.1) is 0 Å². The molecule has 0 aromatic heterocycles. The predicted octanol–water partition coefficient (Wildman–Crippen LogP) is 5.21. The lowest BCUT2D eigenvalue weighted by Crippen LogP contribution is -2.07. The van der Waals surface area contributed by atoms with E-state index in [1.807, 2.05) is 42.5 Å². The topological polar surface area (TPSA) is 84.8 Å². The summed E-state index contributed by atoms with van der Waals surface area (Å²) in [6.45, 7) is 0. The number of hydrogen-bond acceptors (Lipinski definition) is 8. The summed E-state index contributed by atoms with van der Waals surface area (Å²) >= 11 is 0. The highest BCUT2D eigenvalue weighted by atomic mass is 16.6. The maximum absolute atomic E-state index is 12.3. The summed E-state index contributed by atoms with van der Waals surface area (Å²) in [6.07, 6.45) is 3.21. The molecule has 1 unspecified atom stereocenters. The maximum Gasteiger partial charge on any atom is 0.336 e. The Morgan fingerprint density at radius 2 is 1.58 bits per heavy atom. The highest BCUT2D eigenvalue weighted by Gasteiger charge is 2.29. The van der Waals surface area contributed by atoms with Crippen LogP contribution in [-0.4, -0.2) is 40.1 Å². The van der Waals surface area contributed by atoms with Crippen molar-refractivity contribution in [3.05, 3.63) is 83.4 Å². The van der Waals surface area contributed by atoms with E-state index in [1.54, 1.807) is 45.6 Å². The van der Waals surface area contributed by atoms with E-state index in [0.29, 0.717) is 40.9 Å². The Labute approximate surface area is 209 Å². The SMILES string of the molecule is COc1cc(C2CC(c3ccc(OC)c(OC)c3OC)=NO2)ccc1OC(=O)/C=C/c1ccccc1. The number of carbonyl (C=O) groups is 1. The second-order valence-corrected chi connectivity index (χ2v) is 7.79. The van der Waals surface area contributed by atoms with Crippen LogP contribution in [0.4, 0.5) is 0 Å². The van der Waals surface area contributed by atoms with Gasteiger partial charge in [-0.25, -0.2) is 4.79 Å². The van der Waals surface area contributed by atoms with Crippen molar-refractivity contribution in [2.75, 3.05) is 28.4 Å². The Hall–Kier alpha value is -4.46. The third kappa shape index (κ3) is 5.27. The largest absolute Gasteiger partial charge is 0.493 e. The molecule has 0 radical (unpaired) electrons. The number of esters is 1. The highest BCUT2D eigenvalue weighted by molar-refractivity contribution is 6.04. The minimum atomic E-state index is -0.506. The summed E-state index contributed by atoms with van der Waals surface area (Å²) in [5, 5.41) is 4.29. The van der Waals surface area contributed by atoms with Gasteiger partial charge in [-0.15, -0.1) is 0 Å². The molecule has 1 heterocycles. The molecule has 8 heteroatoms. The zero-order valence-electron chi connectivity index (χ0n) is 20.5. The zero-order chi connectivity index (χ0) is 25.5. The molecule has 0 saturated carbocycles. The van der Waals surface area contributed by atoms with Gasteiger partial charge in [0.15, 0.2) is 29.1 Å². The van der Waals surface area contributed by atoms with E-state index in [2.05, 4.69) is 5.16 Å². The van der Waals surface area contributed by atoms with Gasteiger partial charge in [-0.3, -0.25) is 0 Å². The minimum Gasteiger partial charge on any atom is -0.493 e. The molecule has 0 fully saturated rings. The van der Waals surface area contributed by atoms with Crippen molar-refractivity contribution in [2.45, 2.75) is 12.5 Å². The van der Waals surface area contributed by atoms with Gasteiger partial charge in [0.1, 0.15) is 0 Å². The van der Waals surface area contributed by atoms with Gasteiger partial charge in [-0.2, -0.15) is 0 Å². The summed E-state index contributed by atoms with van der Waals surface area (Å²) in [6, 6.07) is 18.4. The average molecular weight is 490 g/mol. The molecule has 36 heavy (non-hydrogen) atoms. The molecule has 1 aliphatic heterocycles. The van der Waals surface area contributed by atoms with E-state index in [-0.39, 0.29) is 6.10 Å². The zero-order valence-corrected chi connectivity index (χ0v) is 20.5. The van der Waals surface area contributed by atoms with Gasteiger partial charge in [0.2, 0.25) is 5.75 Å². The summed E-state index contributed by atoms with van der Waals surface area (Å²) in [5.41, 5.74) is 3.18. The standard InChI is InChI=1S/C28H27NO7/c1-31-23-14-12-20(27(33-3)28(23)34-4)21-17-24(36-29-21)19-11-13-22(25(16-19)32-2)35-26(30)15-10-18-8-6-5-7-9-18/h5-16,24H,17H2,1-4H3/b15-10+. The first-order valence-electron chi connectivity index (χ1n) is 11.2. The average Bonchev–Trinajstić information content (AvgIpc) is 3.41. The molecule has 1 atom stereocenters. The number of rotatable bonds is 9. The number of carbonyl (C=O) groups excluding carboxylic acids is 1. The molecule has 186 valence electrons. The van der Waals surface area contributed by atoms with Gasteiger partial charge in [-0.1, -0.05) is 41.6 Å². The van der Waals surface area contributed by atoms with Crippen molar-refractivity contribution in [2.24, 2.45) is 5.16 Å². The Balaban J connectivity index is 1.48. The molecule has 3 aromatic carbocycles. The van der Waals surface area contributed by atoms with Crippen LogP contribution in [0.2, 0.25) is 0 Å². The molecule has 0 bridgehead atoms. The first-order valence-corrected chi connectivity index (χ1v) is 11.2. The fourth-order valence-electron chi connectivity index (χ4n) is 3.88. The van der Waals surface area contributed by atoms with E-state index < -0.39 is 5.97 Å². The molecule has 0 amide bonds.